The first-order valence-corrected chi connectivity index (χ1v) is 8.34. The molecule has 0 aliphatic rings. The summed E-state index contributed by atoms with van der Waals surface area (Å²) in [6.45, 7) is 7.63. The third kappa shape index (κ3) is 3.28. The van der Waals surface area contributed by atoms with Crippen LogP contribution in [0.3, 0.4) is 0 Å². The van der Waals surface area contributed by atoms with Crippen LogP contribution in [-0.2, 0) is 0 Å². The highest BCUT2D eigenvalue weighted by atomic mass is 79.9. The zero-order valence-electron chi connectivity index (χ0n) is 11.7. The Morgan fingerprint density at radius 3 is 2.42 bits per heavy atom. The van der Waals surface area contributed by atoms with E-state index in [9.17, 15) is 0 Å². The normalized spacial score (nSPS) is 12.6. The minimum atomic E-state index is 0.288. The van der Waals surface area contributed by atoms with Gasteiger partial charge in [0.1, 0.15) is 0 Å². The molecule has 1 atom stereocenters. The number of nitrogens with one attached hydrogen (secondary N) is 1. The first kappa shape index (κ1) is 14.8. The Morgan fingerprint density at radius 1 is 1.21 bits per heavy atom. The SMILES string of the molecule is CCCNC(c1sccc1Br)c1c(C)cccc1C. The van der Waals surface area contributed by atoms with Gasteiger partial charge in [0.25, 0.3) is 0 Å². The second-order valence-electron chi connectivity index (χ2n) is 4.83. The molecule has 1 unspecified atom stereocenters. The van der Waals surface area contributed by atoms with Gasteiger partial charge in [-0.3, -0.25) is 0 Å². The molecule has 0 bridgehead atoms. The standard InChI is InChI=1S/C16H20BrNS/c1-4-9-18-15(16-13(17)8-10-19-16)14-11(2)6-5-7-12(14)3/h5-8,10,15,18H,4,9H2,1-3H3. The second-order valence-corrected chi connectivity index (χ2v) is 6.63. The molecule has 0 amide bonds. The minimum absolute atomic E-state index is 0.288. The number of hydrogen-bond donors (Lipinski definition) is 1. The molecule has 0 aliphatic heterocycles. The Balaban J connectivity index is 2.46. The molecule has 0 saturated heterocycles. The van der Waals surface area contributed by atoms with Crippen molar-refractivity contribution in [2.45, 2.75) is 33.2 Å². The van der Waals surface area contributed by atoms with E-state index in [4.69, 9.17) is 0 Å². The summed E-state index contributed by atoms with van der Waals surface area (Å²) in [6.07, 6.45) is 1.14. The summed E-state index contributed by atoms with van der Waals surface area (Å²) >= 11 is 5.49. The van der Waals surface area contributed by atoms with Crippen LogP contribution in [0.2, 0.25) is 0 Å². The van der Waals surface area contributed by atoms with Gasteiger partial charge in [-0.15, -0.1) is 11.3 Å². The van der Waals surface area contributed by atoms with Gasteiger partial charge in [-0.1, -0.05) is 25.1 Å². The molecule has 19 heavy (non-hydrogen) atoms. The van der Waals surface area contributed by atoms with E-state index >= 15 is 0 Å². The summed E-state index contributed by atoms with van der Waals surface area (Å²) < 4.78 is 1.20. The van der Waals surface area contributed by atoms with Crippen LogP contribution in [0.25, 0.3) is 0 Å². The molecule has 0 fully saturated rings. The summed E-state index contributed by atoms with van der Waals surface area (Å²) in [4.78, 5) is 1.37. The van der Waals surface area contributed by atoms with E-state index in [1.807, 2.05) is 11.3 Å². The van der Waals surface area contributed by atoms with Gasteiger partial charge in [0.2, 0.25) is 0 Å². The Morgan fingerprint density at radius 2 is 1.89 bits per heavy atom. The lowest BCUT2D eigenvalue weighted by Crippen LogP contribution is -2.24. The van der Waals surface area contributed by atoms with Crippen molar-refractivity contribution >= 4 is 27.3 Å². The first-order chi connectivity index (χ1) is 9.15. The number of rotatable bonds is 5. The van der Waals surface area contributed by atoms with E-state index in [1.54, 1.807) is 0 Å². The van der Waals surface area contributed by atoms with Crippen LogP contribution >= 0.6 is 27.3 Å². The maximum atomic E-state index is 3.69. The lowest BCUT2D eigenvalue weighted by Gasteiger charge is -2.22. The van der Waals surface area contributed by atoms with E-state index in [-0.39, 0.29) is 6.04 Å². The Bertz CT molecular complexity index is 527. The van der Waals surface area contributed by atoms with Crippen LogP contribution in [0.1, 0.15) is 41.0 Å². The van der Waals surface area contributed by atoms with E-state index in [0.29, 0.717) is 0 Å². The van der Waals surface area contributed by atoms with Crippen molar-refractivity contribution in [3.63, 3.8) is 0 Å². The summed E-state index contributed by atoms with van der Waals surface area (Å²) in [5, 5.41) is 5.84. The Labute approximate surface area is 128 Å². The van der Waals surface area contributed by atoms with Crippen LogP contribution < -0.4 is 5.32 Å². The molecule has 1 aromatic carbocycles. The zero-order valence-corrected chi connectivity index (χ0v) is 14.1. The highest BCUT2D eigenvalue weighted by Gasteiger charge is 2.20. The van der Waals surface area contributed by atoms with E-state index in [2.05, 4.69) is 71.7 Å². The largest absolute Gasteiger partial charge is 0.306 e. The van der Waals surface area contributed by atoms with Gasteiger partial charge in [-0.25, -0.2) is 0 Å². The fourth-order valence-corrected chi connectivity index (χ4v) is 4.09. The molecular weight excluding hydrogens is 318 g/mol. The smallest absolute Gasteiger partial charge is 0.0687 e. The zero-order chi connectivity index (χ0) is 13.8. The van der Waals surface area contributed by atoms with Gasteiger partial charge >= 0.3 is 0 Å². The summed E-state index contributed by atoms with van der Waals surface area (Å²) in [6, 6.07) is 8.95. The van der Waals surface area contributed by atoms with Crippen LogP contribution in [0.5, 0.6) is 0 Å². The first-order valence-electron chi connectivity index (χ1n) is 6.67. The molecule has 1 heterocycles. The average molecular weight is 338 g/mol. The maximum absolute atomic E-state index is 3.69. The highest BCUT2D eigenvalue weighted by Crippen LogP contribution is 2.35. The molecule has 3 heteroatoms. The number of halogens is 1. The van der Waals surface area contributed by atoms with Gasteiger partial charge in [0.15, 0.2) is 0 Å². The third-order valence-corrected chi connectivity index (χ3v) is 5.27. The van der Waals surface area contributed by atoms with Crippen LogP contribution in [-0.4, -0.2) is 6.54 Å². The number of thiophene rings is 1. The van der Waals surface area contributed by atoms with Gasteiger partial charge < -0.3 is 5.32 Å². The molecule has 1 N–H and O–H groups in total. The van der Waals surface area contributed by atoms with Crippen LogP contribution in [0.15, 0.2) is 34.1 Å². The highest BCUT2D eigenvalue weighted by molar-refractivity contribution is 9.10. The molecular formula is C16H20BrNS. The molecule has 0 saturated carbocycles. The van der Waals surface area contributed by atoms with Crippen molar-refractivity contribution in [2.24, 2.45) is 0 Å². The van der Waals surface area contributed by atoms with Gasteiger partial charge in [-0.2, -0.15) is 0 Å². The molecule has 1 aromatic heterocycles. The van der Waals surface area contributed by atoms with E-state index in [1.165, 1.54) is 26.0 Å². The van der Waals surface area contributed by atoms with Crippen molar-refractivity contribution < 1.29 is 0 Å². The Kier molecular flexibility index (Phi) is 5.20. The maximum Gasteiger partial charge on any atom is 0.0687 e. The fraction of sp³-hybridized carbons (Fsp3) is 0.375. The quantitative estimate of drug-likeness (QED) is 0.788. The Hall–Kier alpha value is -0.640. The van der Waals surface area contributed by atoms with Crippen LogP contribution in [0.4, 0.5) is 0 Å². The predicted octanol–water partition coefficient (Wildman–Crippen LogP) is 5.22. The summed E-state index contributed by atoms with van der Waals surface area (Å²) in [7, 11) is 0. The van der Waals surface area contributed by atoms with Crippen molar-refractivity contribution in [1.82, 2.24) is 5.32 Å². The molecule has 2 rings (SSSR count). The van der Waals surface area contributed by atoms with E-state index in [0.717, 1.165) is 13.0 Å². The molecule has 1 nitrogen and oxygen atoms in total. The monoisotopic (exact) mass is 337 g/mol. The van der Waals surface area contributed by atoms with E-state index < -0.39 is 0 Å². The van der Waals surface area contributed by atoms with Crippen molar-refractivity contribution in [1.29, 1.82) is 0 Å². The molecule has 0 aliphatic carbocycles. The number of benzene rings is 1. The van der Waals surface area contributed by atoms with Crippen molar-refractivity contribution in [3.05, 3.63) is 55.7 Å². The molecule has 2 aromatic rings. The van der Waals surface area contributed by atoms with Crippen molar-refractivity contribution in [2.75, 3.05) is 6.54 Å². The summed E-state index contributed by atoms with van der Waals surface area (Å²) in [5.41, 5.74) is 4.13. The van der Waals surface area contributed by atoms with Crippen LogP contribution in [0, 0.1) is 13.8 Å². The number of aryl methyl sites for hydroxylation is 2. The molecule has 102 valence electrons. The van der Waals surface area contributed by atoms with Crippen molar-refractivity contribution in [3.8, 4) is 0 Å². The lowest BCUT2D eigenvalue weighted by atomic mass is 9.95. The summed E-state index contributed by atoms with van der Waals surface area (Å²) in [5.74, 6) is 0. The van der Waals surface area contributed by atoms with Gasteiger partial charge in [0.05, 0.1) is 6.04 Å². The minimum Gasteiger partial charge on any atom is -0.306 e. The second kappa shape index (κ2) is 6.69. The fourth-order valence-electron chi connectivity index (χ4n) is 2.41. The number of hydrogen-bond acceptors (Lipinski definition) is 2. The van der Waals surface area contributed by atoms with Gasteiger partial charge in [0, 0.05) is 9.35 Å². The third-order valence-electron chi connectivity index (χ3n) is 3.34. The topological polar surface area (TPSA) is 12.0 Å². The van der Waals surface area contributed by atoms with Gasteiger partial charge in [-0.05, 0) is 70.9 Å². The average Bonchev–Trinajstić information content (AvgIpc) is 2.79. The molecule has 0 radical (unpaired) electrons. The molecule has 0 spiro atoms. The predicted molar refractivity (Wildman–Crippen MR) is 88.1 cm³/mol. The lowest BCUT2D eigenvalue weighted by molar-refractivity contribution is 0.600.